The van der Waals surface area contributed by atoms with E-state index in [0.29, 0.717) is 12.8 Å². The zero-order chi connectivity index (χ0) is 12.7. The molecule has 1 N–H and O–H groups in total. The van der Waals surface area contributed by atoms with Gasteiger partial charge in [-0.05, 0) is 30.5 Å². The summed E-state index contributed by atoms with van der Waals surface area (Å²) >= 11 is 0. The maximum absolute atomic E-state index is 13.0. The summed E-state index contributed by atoms with van der Waals surface area (Å²) in [5, 5.41) is 9.11. The molecule has 1 unspecified atom stereocenters. The van der Waals surface area contributed by atoms with Gasteiger partial charge in [0, 0.05) is 0 Å². The Morgan fingerprint density at radius 2 is 2.18 bits per heavy atom. The Hall–Kier alpha value is -1.38. The number of hydrogen-bond donors (Lipinski definition) is 1. The Morgan fingerprint density at radius 3 is 2.76 bits per heavy atom. The van der Waals surface area contributed by atoms with Gasteiger partial charge in [-0.3, -0.25) is 4.79 Å². The van der Waals surface area contributed by atoms with Gasteiger partial charge in [0.1, 0.15) is 5.82 Å². The highest BCUT2D eigenvalue weighted by molar-refractivity contribution is 5.70. The van der Waals surface area contributed by atoms with Crippen LogP contribution in [0.15, 0.2) is 24.3 Å². The van der Waals surface area contributed by atoms with E-state index in [9.17, 15) is 9.18 Å². The Labute approximate surface area is 101 Å². The third-order valence-electron chi connectivity index (χ3n) is 2.88. The van der Waals surface area contributed by atoms with Gasteiger partial charge in [0.05, 0.1) is 5.92 Å². The van der Waals surface area contributed by atoms with Gasteiger partial charge in [0.25, 0.3) is 0 Å². The summed E-state index contributed by atoms with van der Waals surface area (Å²) in [4.78, 5) is 11.1. The highest BCUT2D eigenvalue weighted by Crippen LogP contribution is 2.17. The molecule has 1 atom stereocenters. The molecule has 2 nitrogen and oxygen atoms in total. The summed E-state index contributed by atoms with van der Waals surface area (Å²) in [5.74, 6) is -1.49. The number of carbonyl (C=O) groups is 1. The van der Waals surface area contributed by atoms with E-state index >= 15 is 0 Å². The highest BCUT2D eigenvalue weighted by Gasteiger charge is 2.17. The maximum atomic E-state index is 13.0. The molecular formula is C14H19FO2. The second-order valence-corrected chi connectivity index (χ2v) is 4.36. The molecule has 1 rings (SSSR count). The summed E-state index contributed by atoms with van der Waals surface area (Å²) in [6.45, 7) is 2.09. The van der Waals surface area contributed by atoms with Crippen molar-refractivity contribution in [2.45, 2.75) is 39.0 Å². The molecule has 1 aromatic carbocycles. The van der Waals surface area contributed by atoms with Crippen LogP contribution in [0.1, 0.15) is 38.2 Å². The van der Waals surface area contributed by atoms with Crippen molar-refractivity contribution >= 4 is 5.97 Å². The van der Waals surface area contributed by atoms with Gasteiger partial charge in [-0.15, -0.1) is 0 Å². The first-order chi connectivity index (χ1) is 8.13. The van der Waals surface area contributed by atoms with Crippen molar-refractivity contribution in [3.63, 3.8) is 0 Å². The summed E-state index contributed by atoms with van der Waals surface area (Å²) in [6, 6.07) is 6.18. The molecule has 0 saturated heterocycles. The van der Waals surface area contributed by atoms with E-state index in [4.69, 9.17) is 5.11 Å². The first-order valence-electron chi connectivity index (χ1n) is 6.10. The van der Waals surface area contributed by atoms with Crippen LogP contribution in [-0.4, -0.2) is 11.1 Å². The zero-order valence-electron chi connectivity index (χ0n) is 10.2. The number of halogens is 1. The molecule has 3 heteroatoms. The molecule has 0 spiro atoms. The quantitative estimate of drug-likeness (QED) is 0.736. The van der Waals surface area contributed by atoms with Crippen LogP contribution in [0.25, 0.3) is 0 Å². The Bertz CT molecular complexity index is 363. The number of carboxylic acids is 1. The third kappa shape index (κ3) is 4.98. The first-order valence-corrected chi connectivity index (χ1v) is 6.10. The standard InChI is InChI=1S/C14H19FO2/c1-2-3-4-7-12(14(16)17)9-11-6-5-8-13(15)10-11/h5-6,8,10,12H,2-4,7,9H2,1H3,(H,16,17). The van der Waals surface area contributed by atoms with Crippen molar-refractivity contribution in [2.24, 2.45) is 5.92 Å². The second kappa shape index (κ2) is 7.05. The van der Waals surface area contributed by atoms with E-state index in [2.05, 4.69) is 6.92 Å². The van der Waals surface area contributed by atoms with Gasteiger partial charge in [0.2, 0.25) is 0 Å². The van der Waals surface area contributed by atoms with Crippen molar-refractivity contribution < 1.29 is 14.3 Å². The largest absolute Gasteiger partial charge is 0.481 e. The van der Waals surface area contributed by atoms with Gasteiger partial charge in [-0.25, -0.2) is 4.39 Å². The summed E-state index contributed by atoms with van der Waals surface area (Å²) < 4.78 is 13.0. The number of hydrogen-bond acceptors (Lipinski definition) is 1. The molecule has 0 bridgehead atoms. The average molecular weight is 238 g/mol. The Balaban J connectivity index is 2.57. The fourth-order valence-electron chi connectivity index (χ4n) is 1.90. The summed E-state index contributed by atoms with van der Waals surface area (Å²) in [6.07, 6.45) is 4.12. The predicted octanol–water partition coefficient (Wildman–Crippen LogP) is 3.65. The Kier molecular flexibility index (Phi) is 5.67. The van der Waals surface area contributed by atoms with Gasteiger partial charge >= 0.3 is 5.97 Å². The minimum absolute atomic E-state index is 0.305. The molecule has 0 radical (unpaired) electrons. The number of unbranched alkanes of at least 4 members (excludes halogenated alkanes) is 2. The van der Waals surface area contributed by atoms with Crippen molar-refractivity contribution in [2.75, 3.05) is 0 Å². The molecule has 0 aromatic heterocycles. The number of carboxylic acid groups (broad SMARTS) is 1. The molecule has 1 aromatic rings. The fraction of sp³-hybridized carbons (Fsp3) is 0.500. The molecular weight excluding hydrogens is 219 g/mol. The highest BCUT2D eigenvalue weighted by atomic mass is 19.1. The van der Waals surface area contributed by atoms with Crippen molar-refractivity contribution in [3.8, 4) is 0 Å². The van der Waals surface area contributed by atoms with E-state index in [1.165, 1.54) is 12.1 Å². The maximum Gasteiger partial charge on any atom is 0.306 e. The third-order valence-corrected chi connectivity index (χ3v) is 2.88. The van der Waals surface area contributed by atoms with Crippen LogP contribution in [0.3, 0.4) is 0 Å². The minimum Gasteiger partial charge on any atom is -0.481 e. The van der Waals surface area contributed by atoms with Crippen LogP contribution in [0, 0.1) is 11.7 Å². The van der Waals surface area contributed by atoms with Crippen LogP contribution in [0.2, 0.25) is 0 Å². The molecule has 0 aliphatic heterocycles. The van der Waals surface area contributed by atoms with Crippen molar-refractivity contribution in [3.05, 3.63) is 35.6 Å². The van der Waals surface area contributed by atoms with E-state index < -0.39 is 11.9 Å². The first kappa shape index (κ1) is 13.7. The molecule has 0 aliphatic rings. The van der Waals surface area contributed by atoms with Crippen molar-refractivity contribution in [1.82, 2.24) is 0 Å². The lowest BCUT2D eigenvalue weighted by Crippen LogP contribution is -2.16. The monoisotopic (exact) mass is 238 g/mol. The lowest BCUT2D eigenvalue weighted by molar-refractivity contribution is -0.142. The zero-order valence-corrected chi connectivity index (χ0v) is 10.2. The van der Waals surface area contributed by atoms with Gasteiger partial charge in [-0.1, -0.05) is 38.3 Å². The van der Waals surface area contributed by atoms with Crippen molar-refractivity contribution in [1.29, 1.82) is 0 Å². The molecule has 0 saturated carbocycles. The van der Waals surface area contributed by atoms with E-state index in [0.717, 1.165) is 24.8 Å². The smallest absolute Gasteiger partial charge is 0.306 e. The van der Waals surface area contributed by atoms with E-state index in [1.54, 1.807) is 12.1 Å². The van der Waals surface area contributed by atoms with Crippen LogP contribution in [0.5, 0.6) is 0 Å². The minimum atomic E-state index is -0.787. The summed E-state index contributed by atoms with van der Waals surface area (Å²) in [5.41, 5.74) is 0.758. The van der Waals surface area contributed by atoms with Crippen LogP contribution in [-0.2, 0) is 11.2 Å². The number of aliphatic carboxylic acids is 1. The fourth-order valence-corrected chi connectivity index (χ4v) is 1.90. The molecule has 94 valence electrons. The summed E-state index contributed by atoms with van der Waals surface area (Å²) in [7, 11) is 0. The lowest BCUT2D eigenvalue weighted by atomic mass is 9.94. The molecule has 0 heterocycles. The average Bonchev–Trinajstić information content (AvgIpc) is 2.28. The molecule has 0 fully saturated rings. The lowest BCUT2D eigenvalue weighted by Gasteiger charge is -2.12. The molecule has 0 amide bonds. The number of benzene rings is 1. The van der Waals surface area contributed by atoms with Gasteiger partial charge in [-0.2, -0.15) is 0 Å². The van der Waals surface area contributed by atoms with Gasteiger partial charge < -0.3 is 5.11 Å². The predicted molar refractivity (Wildman–Crippen MR) is 65.4 cm³/mol. The van der Waals surface area contributed by atoms with Crippen LogP contribution in [0.4, 0.5) is 4.39 Å². The van der Waals surface area contributed by atoms with E-state index in [1.807, 2.05) is 0 Å². The molecule has 17 heavy (non-hydrogen) atoms. The number of rotatable bonds is 7. The van der Waals surface area contributed by atoms with Crippen LogP contribution >= 0.6 is 0 Å². The van der Waals surface area contributed by atoms with Gasteiger partial charge in [0.15, 0.2) is 0 Å². The topological polar surface area (TPSA) is 37.3 Å². The molecule has 0 aliphatic carbocycles. The second-order valence-electron chi connectivity index (χ2n) is 4.36. The normalized spacial score (nSPS) is 12.4. The van der Waals surface area contributed by atoms with Crippen LogP contribution < -0.4 is 0 Å². The SMILES string of the molecule is CCCCCC(Cc1cccc(F)c1)C(=O)O. The Morgan fingerprint density at radius 1 is 1.41 bits per heavy atom. The van der Waals surface area contributed by atoms with E-state index in [-0.39, 0.29) is 5.82 Å².